The Balaban J connectivity index is 1.82. The van der Waals surface area contributed by atoms with Crippen LogP contribution in [0.15, 0.2) is 77.4 Å². The fraction of sp³-hybridized carbons (Fsp3) is 0.0526. The lowest BCUT2D eigenvalue weighted by Gasteiger charge is -2.13. The highest BCUT2D eigenvalue weighted by molar-refractivity contribution is 7.89. The van der Waals surface area contributed by atoms with Gasteiger partial charge in [-0.1, -0.05) is 18.2 Å². The molecule has 8 heteroatoms. The largest absolute Gasteiger partial charge is 0.457 e. The Morgan fingerprint density at radius 3 is 2.56 bits per heavy atom. The number of para-hydroxylation sites is 1. The molecule has 7 nitrogen and oxygen atoms in total. The number of allylic oxidation sites excluding steroid dienone is 3. The first-order valence-corrected chi connectivity index (χ1v) is 9.50. The second kappa shape index (κ2) is 7.56. The molecule has 0 radical (unpaired) electrons. The third-order valence-corrected chi connectivity index (χ3v) is 4.63. The van der Waals surface area contributed by atoms with E-state index in [-0.39, 0.29) is 28.4 Å². The number of primary sulfonamides is 1. The van der Waals surface area contributed by atoms with Crippen molar-refractivity contribution in [1.82, 2.24) is 0 Å². The minimum Gasteiger partial charge on any atom is -0.457 e. The van der Waals surface area contributed by atoms with Crippen LogP contribution in [0.2, 0.25) is 0 Å². The zero-order valence-electron chi connectivity index (χ0n) is 14.1. The van der Waals surface area contributed by atoms with Crippen LogP contribution in [0.1, 0.15) is 16.8 Å². The van der Waals surface area contributed by atoms with Gasteiger partial charge < -0.3 is 10.1 Å². The molecule has 3 N–H and O–H groups in total. The maximum Gasteiger partial charge on any atom is 0.259 e. The average Bonchev–Trinajstić information content (AvgIpc) is 2.63. The standard InChI is InChI=1S/C19H16N2O5S/c20-27(24,25)16-5-3-4-13(12-16)21-19(23)17-6-1-2-7-18(17)26-15-10-8-14(22)9-11-15/h1-8,10-12H,9H2,(H,21,23)(H2,20,24,25). The van der Waals surface area contributed by atoms with Crippen molar-refractivity contribution in [2.75, 3.05) is 5.32 Å². The Bertz CT molecular complexity index is 1070. The average molecular weight is 384 g/mol. The number of nitrogens with one attached hydrogen (secondary N) is 1. The molecule has 0 spiro atoms. The smallest absolute Gasteiger partial charge is 0.259 e. The summed E-state index contributed by atoms with van der Waals surface area (Å²) in [5.74, 6) is 0.269. The number of amides is 1. The van der Waals surface area contributed by atoms with Gasteiger partial charge in [-0.3, -0.25) is 9.59 Å². The summed E-state index contributed by atoms with van der Waals surface area (Å²) in [7, 11) is -3.88. The van der Waals surface area contributed by atoms with Crippen molar-refractivity contribution in [1.29, 1.82) is 0 Å². The molecule has 2 aromatic rings. The highest BCUT2D eigenvalue weighted by Crippen LogP contribution is 2.24. The van der Waals surface area contributed by atoms with Gasteiger partial charge in [-0.05, 0) is 48.6 Å². The summed E-state index contributed by atoms with van der Waals surface area (Å²) in [6.07, 6.45) is 4.82. The van der Waals surface area contributed by atoms with Crippen molar-refractivity contribution < 1.29 is 22.7 Å². The quantitative estimate of drug-likeness (QED) is 0.821. The van der Waals surface area contributed by atoms with Crippen LogP contribution in [0.25, 0.3) is 0 Å². The number of nitrogens with two attached hydrogens (primary N) is 1. The number of carbonyl (C=O) groups excluding carboxylic acids is 2. The lowest BCUT2D eigenvalue weighted by atomic mass is 10.1. The molecule has 0 heterocycles. The van der Waals surface area contributed by atoms with E-state index in [1.165, 1.54) is 30.4 Å². The molecule has 0 atom stereocenters. The minimum atomic E-state index is -3.88. The molecule has 138 valence electrons. The van der Waals surface area contributed by atoms with E-state index >= 15 is 0 Å². The summed E-state index contributed by atoms with van der Waals surface area (Å²) in [6.45, 7) is 0. The Kier molecular flexibility index (Phi) is 5.20. The molecule has 27 heavy (non-hydrogen) atoms. The number of sulfonamides is 1. The van der Waals surface area contributed by atoms with Gasteiger partial charge in [0.05, 0.1) is 10.5 Å². The first kappa shape index (κ1) is 18.6. The SMILES string of the molecule is NS(=O)(=O)c1cccc(NC(=O)c2ccccc2OC2=CCC(=O)C=C2)c1. The lowest BCUT2D eigenvalue weighted by Crippen LogP contribution is -2.15. The van der Waals surface area contributed by atoms with Gasteiger partial charge in [0, 0.05) is 12.1 Å². The molecule has 1 aliphatic rings. The first-order chi connectivity index (χ1) is 12.8. The van der Waals surface area contributed by atoms with Gasteiger partial charge in [-0.25, -0.2) is 13.6 Å². The Morgan fingerprint density at radius 2 is 1.85 bits per heavy atom. The molecule has 3 rings (SSSR count). The fourth-order valence-corrected chi connectivity index (χ4v) is 2.97. The fourth-order valence-electron chi connectivity index (χ4n) is 2.41. The van der Waals surface area contributed by atoms with Crippen LogP contribution < -0.4 is 15.2 Å². The summed E-state index contributed by atoms with van der Waals surface area (Å²) in [6, 6.07) is 12.2. The van der Waals surface area contributed by atoms with E-state index < -0.39 is 15.9 Å². The highest BCUT2D eigenvalue weighted by Gasteiger charge is 2.15. The maximum atomic E-state index is 12.6. The van der Waals surface area contributed by atoms with E-state index in [1.54, 1.807) is 36.4 Å². The third-order valence-electron chi connectivity index (χ3n) is 3.72. The number of benzene rings is 2. The summed E-state index contributed by atoms with van der Waals surface area (Å²) in [5, 5.41) is 7.73. The number of ketones is 1. The second-order valence-electron chi connectivity index (χ2n) is 5.74. The summed E-state index contributed by atoms with van der Waals surface area (Å²) >= 11 is 0. The first-order valence-electron chi connectivity index (χ1n) is 7.95. The molecule has 0 saturated heterocycles. The third kappa shape index (κ3) is 4.69. The van der Waals surface area contributed by atoms with Crippen molar-refractivity contribution in [2.24, 2.45) is 5.14 Å². The van der Waals surface area contributed by atoms with Gasteiger partial charge in [0.25, 0.3) is 5.91 Å². The highest BCUT2D eigenvalue weighted by atomic mass is 32.2. The molecule has 0 aromatic heterocycles. The Morgan fingerprint density at radius 1 is 1.07 bits per heavy atom. The number of rotatable bonds is 5. The molecule has 0 unspecified atom stereocenters. The van der Waals surface area contributed by atoms with E-state index in [0.29, 0.717) is 11.5 Å². The van der Waals surface area contributed by atoms with E-state index in [2.05, 4.69) is 5.32 Å². The molecule has 1 amide bonds. The zero-order valence-corrected chi connectivity index (χ0v) is 14.9. The topological polar surface area (TPSA) is 116 Å². The van der Waals surface area contributed by atoms with Crippen LogP contribution in [0.5, 0.6) is 5.75 Å². The van der Waals surface area contributed by atoms with Gasteiger partial charge in [0.1, 0.15) is 11.5 Å². The van der Waals surface area contributed by atoms with Gasteiger partial charge >= 0.3 is 0 Å². The molecule has 0 saturated carbocycles. The molecule has 0 aliphatic heterocycles. The van der Waals surface area contributed by atoms with Gasteiger partial charge in [-0.15, -0.1) is 0 Å². The Labute approximate surface area is 156 Å². The molecule has 0 bridgehead atoms. The van der Waals surface area contributed by atoms with E-state index in [0.717, 1.165) is 0 Å². The van der Waals surface area contributed by atoms with Crippen LogP contribution in [0.4, 0.5) is 5.69 Å². The van der Waals surface area contributed by atoms with Gasteiger partial charge in [0.2, 0.25) is 10.0 Å². The molecular weight excluding hydrogens is 368 g/mol. The Hall–Kier alpha value is -3.23. The predicted octanol–water partition coefficient (Wildman–Crippen LogP) is 2.38. The monoisotopic (exact) mass is 384 g/mol. The zero-order chi connectivity index (χ0) is 19.4. The molecule has 1 aliphatic carbocycles. The summed E-state index contributed by atoms with van der Waals surface area (Å²) in [4.78, 5) is 23.8. The molecule has 2 aromatic carbocycles. The summed E-state index contributed by atoms with van der Waals surface area (Å²) in [5.41, 5.74) is 0.536. The number of carbonyl (C=O) groups is 2. The van der Waals surface area contributed by atoms with Crippen molar-refractivity contribution in [3.05, 3.63) is 78.1 Å². The van der Waals surface area contributed by atoms with Crippen molar-refractivity contribution in [2.45, 2.75) is 11.3 Å². The number of hydrogen-bond acceptors (Lipinski definition) is 5. The number of ether oxygens (including phenoxy) is 1. The van der Waals surface area contributed by atoms with Gasteiger partial charge in [-0.2, -0.15) is 0 Å². The van der Waals surface area contributed by atoms with Crippen LogP contribution in [-0.4, -0.2) is 20.1 Å². The van der Waals surface area contributed by atoms with E-state index in [9.17, 15) is 18.0 Å². The van der Waals surface area contributed by atoms with Crippen LogP contribution in [-0.2, 0) is 14.8 Å². The normalized spacial score (nSPS) is 13.8. The minimum absolute atomic E-state index is 0.0249. The molecule has 0 fully saturated rings. The van der Waals surface area contributed by atoms with E-state index in [4.69, 9.17) is 9.88 Å². The van der Waals surface area contributed by atoms with Crippen LogP contribution in [0.3, 0.4) is 0 Å². The van der Waals surface area contributed by atoms with Gasteiger partial charge in [0.15, 0.2) is 5.78 Å². The maximum absolute atomic E-state index is 12.6. The van der Waals surface area contributed by atoms with Crippen molar-refractivity contribution in [3.63, 3.8) is 0 Å². The van der Waals surface area contributed by atoms with Crippen LogP contribution >= 0.6 is 0 Å². The number of hydrogen-bond donors (Lipinski definition) is 2. The van der Waals surface area contributed by atoms with Crippen molar-refractivity contribution >= 4 is 27.4 Å². The second-order valence-corrected chi connectivity index (χ2v) is 7.30. The van der Waals surface area contributed by atoms with E-state index in [1.807, 2.05) is 0 Å². The summed E-state index contributed by atoms with van der Waals surface area (Å²) < 4.78 is 28.6. The lowest BCUT2D eigenvalue weighted by molar-refractivity contribution is -0.114. The molecular formula is C19H16N2O5S. The number of anilines is 1. The van der Waals surface area contributed by atoms with Crippen molar-refractivity contribution in [3.8, 4) is 5.75 Å². The predicted molar refractivity (Wildman–Crippen MR) is 99.7 cm³/mol. The van der Waals surface area contributed by atoms with Crippen LogP contribution in [0, 0.1) is 0 Å².